The van der Waals surface area contributed by atoms with Crippen molar-refractivity contribution < 1.29 is 4.79 Å². The van der Waals surface area contributed by atoms with E-state index in [2.05, 4.69) is 27.4 Å². The molecule has 33 heavy (non-hydrogen) atoms. The molecule has 1 aliphatic heterocycles. The second kappa shape index (κ2) is 9.91. The SMILES string of the molecule is CSc1nccn1-c1cccc(C(=O)N2CCN(Cc3csc(-c4ccccc4)n3)CC2)c1. The maximum absolute atomic E-state index is 13.2. The minimum absolute atomic E-state index is 0.0855. The molecule has 5 rings (SSSR count). The van der Waals surface area contributed by atoms with Gasteiger partial charge in [-0.3, -0.25) is 14.3 Å². The molecule has 0 bridgehead atoms. The van der Waals surface area contributed by atoms with Crippen molar-refractivity contribution in [2.75, 3.05) is 32.4 Å². The lowest BCUT2D eigenvalue weighted by Crippen LogP contribution is -2.48. The van der Waals surface area contributed by atoms with Gasteiger partial charge in [-0.2, -0.15) is 0 Å². The summed E-state index contributed by atoms with van der Waals surface area (Å²) in [4.78, 5) is 26.7. The van der Waals surface area contributed by atoms with E-state index in [-0.39, 0.29) is 5.91 Å². The third-order valence-electron chi connectivity index (χ3n) is 5.78. The van der Waals surface area contributed by atoms with E-state index in [1.54, 1.807) is 29.3 Å². The maximum Gasteiger partial charge on any atom is 0.254 e. The fourth-order valence-corrected chi connectivity index (χ4v) is 5.39. The van der Waals surface area contributed by atoms with Crippen molar-refractivity contribution in [3.63, 3.8) is 0 Å². The Kier molecular flexibility index (Phi) is 6.57. The Hall–Kier alpha value is -2.94. The number of thioether (sulfide) groups is 1. The van der Waals surface area contributed by atoms with Crippen molar-refractivity contribution in [1.82, 2.24) is 24.3 Å². The molecule has 6 nitrogen and oxygen atoms in total. The van der Waals surface area contributed by atoms with Crippen LogP contribution >= 0.6 is 23.1 Å². The minimum atomic E-state index is 0.0855. The molecule has 0 atom stereocenters. The molecule has 3 heterocycles. The van der Waals surface area contributed by atoms with Crippen LogP contribution in [0.1, 0.15) is 16.1 Å². The van der Waals surface area contributed by atoms with E-state index in [1.165, 1.54) is 0 Å². The monoisotopic (exact) mass is 475 g/mol. The fraction of sp³-hybridized carbons (Fsp3) is 0.240. The lowest BCUT2D eigenvalue weighted by atomic mass is 10.1. The highest BCUT2D eigenvalue weighted by atomic mass is 32.2. The normalized spacial score (nSPS) is 14.5. The highest BCUT2D eigenvalue weighted by Gasteiger charge is 2.23. The molecule has 0 N–H and O–H groups in total. The van der Waals surface area contributed by atoms with Crippen molar-refractivity contribution in [1.29, 1.82) is 0 Å². The number of nitrogens with zero attached hydrogens (tertiary/aromatic N) is 5. The number of benzene rings is 2. The molecule has 1 aliphatic rings. The molecule has 1 saturated heterocycles. The first-order valence-electron chi connectivity index (χ1n) is 10.9. The van der Waals surface area contributed by atoms with Gasteiger partial charge in [-0.05, 0) is 24.5 Å². The zero-order valence-corrected chi connectivity index (χ0v) is 20.1. The van der Waals surface area contributed by atoms with Gasteiger partial charge >= 0.3 is 0 Å². The topological polar surface area (TPSA) is 54.3 Å². The summed E-state index contributed by atoms with van der Waals surface area (Å²) in [5, 5.41) is 4.11. The van der Waals surface area contributed by atoms with Crippen LogP contribution in [0.5, 0.6) is 0 Å². The van der Waals surface area contributed by atoms with Crippen LogP contribution in [-0.2, 0) is 6.54 Å². The van der Waals surface area contributed by atoms with Crippen molar-refractivity contribution in [3.05, 3.63) is 83.6 Å². The minimum Gasteiger partial charge on any atom is -0.336 e. The summed E-state index contributed by atoms with van der Waals surface area (Å²) in [7, 11) is 0. The Bertz CT molecular complexity index is 1230. The van der Waals surface area contributed by atoms with Crippen molar-refractivity contribution >= 4 is 29.0 Å². The fourth-order valence-electron chi connectivity index (χ4n) is 4.04. The number of hydrogen-bond donors (Lipinski definition) is 0. The van der Waals surface area contributed by atoms with E-state index in [9.17, 15) is 4.79 Å². The van der Waals surface area contributed by atoms with E-state index < -0.39 is 0 Å². The van der Waals surface area contributed by atoms with Gasteiger partial charge in [-0.15, -0.1) is 11.3 Å². The molecule has 0 spiro atoms. The number of amides is 1. The molecule has 8 heteroatoms. The van der Waals surface area contributed by atoms with Gasteiger partial charge in [0.25, 0.3) is 5.91 Å². The molecule has 4 aromatic rings. The molecule has 0 aliphatic carbocycles. The van der Waals surface area contributed by atoms with E-state index in [0.717, 1.165) is 59.8 Å². The Labute approximate surface area is 201 Å². The van der Waals surface area contributed by atoms with Crippen molar-refractivity contribution in [2.24, 2.45) is 0 Å². The molecular formula is C25H25N5OS2. The summed E-state index contributed by atoms with van der Waals surface area (Å²) >= 11 is 3.27. The Balaban J connectivity index is 1.20. The summed E-state index contributed by atoms with van der Waals surface area (Å²) < 4.78 is 2.01. The third-order valence-corrected chi connectivity index (χ3v) is 7.39. The predicted octanol–water partition coefficient (Wildman–Crippen LogP) is 4.68. The predicted molar refractivity (Wildman–Crippen MR) is 134 cm³/mol. The van der Waals surface area contributed by atoms with Crippen LogP contribution in [0, 0.1) is 0 Å². The molecule has 168 valence electrons. The van der Waals surface area contributed by atoms with Crippen molar-refractivity contribution in [3.8, 4) is 16.3 Å². The summed E-state index contributed by atoms with van der Waals surface area (Å²) in [6, 6.07) is 18.1. The first-order valence-corrected chi connectivity index (χ1v) is 13.0. The van der Waals surface area contributed by atoms with Gasteiger partial charge in [-0.25, -0.2) is 9.97 Å². The van der Waals surface area contributed by atoms with Crippen LogP contribution in [0.3, 0.4) is 0 Å². The van der Waals surface area contributed by atoms with E-state index >= 15 is 0 Å². The van der Waals surface area contributed by atoms with Gasteiger partial charge < -0.3 is 4.90 Å². The van der Waals surface area contributed by atoms with Crippen LogP contribution < -0.4 is 0 Å². The lowest BCUT2D eigenvalue weighted by molar-refractivity contribution is 0.0627. The number of carbonyl (C=O) groups excluding carboxylic acids is 1. The molecule has 0 unspecified atom stereocenters. The van der Waals surface area contributed by atoms with Crippen LogP contribution in [0.25, 0.3) is 16.3 Å². The third kappa shape index (κ3) is 4.88. The average molecular weight is 476 g/mol. The van der Waals surface area contributed by atoms with Gasteiger partial charge in [0.2, 0.25) is 0 Å². The number of aromatic nitrogens is 3. The summed E-state index contributed by atoms with van der Waals surface area (Å²) in [6.45, 7) is 3.96. The Morgan fingerprint density at radius 3 is 2.67 bits per heavy atom. The molecule has 0 saturated carbocycles. The van der Waals surface area contributed by atoms with Gasteiger partial charge in [0.05, 0.1) is 5.69 Å². The summed E-state index contributed by atoms with van der Waals surface area (Å²) in [5.74, 6) is 0.0855. The number of thiazole rings is 1. The Morgan fingerprint density at radius 1 is 1.06 bits per heavy atom. The second-order valence-corrected chi connectivity index (χ2v) is 9.54. The Morgan fingerprint density at radius 2 is 1.88 bits per heavy atom. The average Bonchev–Trinajstić information content (AvgIpc) is 3.54. The standard InChI is InChI=1S/C25H25N5OS2/c1-32-25-26-10-11-30(25)22-9-5-8-20(16-22)24(31)29-14-12-28(13-15-29)17-21-18-33-23(27-21)19-6-3-2-4-7-19/h2-11,16,18H,12-15,17H2,1H3. The van der Waals surface area contributed by atoms with Crippen LogP contribution in [0.4, 0.5) is 0 Å². The molecule has 0 radical (unpaired) electrons. The number of hydrogen-bond acceptors (Lipinski definition) is 6. The smallest absolute Gasteiger partial charge is 0.254 e. The molecule has 2 aromatic carbocycles. The van der Waals surface area contributed by atoms with Crippen LogP contribution in [0.15, 0.2) is 77.5 Å². The first kappa shape index (κ1) is 21.9. The lowest BCUT2D eigenvalue weighted by Gasteiger charge is -2.34. The van der Waals surface area contributed by atoms with Crippen molar-refractivity contribution in [2.45, 2.75) is 11.7 Å². The van der Waals surface area contributed by atoms with Crippen LogP contribution in [0.2, 0.25) is 0 Å². The zero-order valence-electron chi connectivity index (χ0n) is 18.4. The summed E-state index contributed by atoms with van der Waals surface area (Å²) in [5.41, 5.74) is 3.93. The van der Waals surface area contributed by atoms with Gasteiger partial charge in [-0.1, -0.05) is 48.2 Å². The van der Waals surface area contributed by atoms with Crippen LogP contribution in [-0.4, -0.2) is 62.7 Å². The van der Waals surface area contributed by atoms with E-state index in [0.29, 0.717) is 5.56 Å². The highest BCUT2D eigenvalue weighted by molar-refractivity contribution is 7.98. The van der Waals surface area contributed by atoms with Gasteiger partial charge in [0, 0.05) is 67.3 Å². The van der Waals surface area contributed by atoms with Gasteiger partial charge in [0.1, 0.15) is 5.01 Å². The molecular weight excluding hydrogens is 450 g/mol. The number of imidazole rings is 1. The maximum atomic E-state index is 13.2. The molecule has 2 aromatic heterocycles. The number of carbonyl (C=O) groups is 1. The molecule has 1 fully saturated rings. The highest BCUT2D eigenvalue weighted by Crippen LogP contribution is 2.24. The first-order chi connectivity index (χ1) is 16.2. The summed E-state index contributed by atoms with van der Waals surface area (Å²) in [6.07, 6.45) is 5.71. The second-order valence-electron chi connectivity index (χ2n) is 7.91. The quantitative estimate of drug-likeness (QED) is 0.379. The van der Waals surface area contributed by atoms with E-state index in [1.807, 2.05) is 64.4 Å². The zero-order chi connectivity index (χ0) is 22.6. The largest absolute Gasteiger partial charge is 0.336 e. The molecule has 1 amide bonds. The van der Waals surface area contributed by atoms with E-state index in [4.69, 9.17) is 4.98 Å². The number of rotatable bonds is 6. The number of piperazine rings is 1. The van der Waals surface area contributed by atoms with Gasteiger partial charge in [0.15, 0.2) is 5.16 Å².